The summed E-state index contributed by atoms with van der Waals surface area (Å²) >= 11 is 0. The molecule has 9 heteroatoms. The molecule has 0 saturated heterocycles. The Balaban J connectivity index is 1.38. The van der Waals surface area contributed by atoms with Crippen LogP contribution in [0.4, 0.5) is 8.78 Å². The van der Waals surface area contributed by atoms with E-state index in [0.717, 1.165) is 5.56 Å². The molecule has 0 radical (unpaired) electrons. The van der Waals surface area contributed by atoms with Gasteiger partial charge in [0, 0.05) is 31.8 Å². The zero-order valence-electron chi connectivity index (χ0n) is 16.5. The van der Waals surface area contributed by atoms with Crippen molar-refractivity contribution in [3.63, 3.8) is 0 Å². The molecule has 4 aromatic rings. The van der Waals surface area contributed by atoms with Gasteiger partial charge in [0.25, 0.3) is 0 Å². The van der Waals surface area contributed by atoms with Gasteiger partial charge in [0.05, 0.1) is 5.69 Å². The van der Waals surface area contributed by atoms with Gasteiger partial charge in [-0.25, -0.2) is 8.78 Å². The first kappa shape index (κ1) is 20.4. The summed E-state index contributed by atoms with van der Waals surface area (Å²) in [6, 6.07) is 11.7. The standard InChI is InChI=1S/C22H19F2N5O2/c23-16-9-7-15(8-10-16)14-25-20(30)6-2-5-19-26-27-21-22(31)28(11-12-29(19)21)18-4-1-3-17(24)13-18/h1,3-4,7-13H,2,5-6,14H2,(H,25,30). The van der Waals surface area contributed by atoms with Gasteiger partial charge in [0.15, 0.2) is 0 Å². The fourth-order valence-corrected chi connectivity index (χ4v) is 3.23. The molecule has 1 amide bonds. The lowest BCUT2D eigenvalue weighted by atomic mass is 10.2. The minimum atomic E-state index is -0.441. The number of aryl methyl sites for hydroxylation is 1. The lowest BCUT2D eigenvalue weighted by molar-refractivity contribution is -0.121. The number of hydrogen-bond acceptors (Lipinski definition) is 4. The van der Waals surface area contributed by atoms with Crippen LogP contribution in [0.15, 0.2) is 65.7 Å². The van der Waals surface area contributed by atoms with Crippen LogP contribution in [0.3, 0.4) is 0 Å². The van der Waals surface area contributed by atoms with Crippen molar-refractivity contribution in [1.82, 2.24) is 24.5 Å². The van der Waals surface area contributed by atoms with Crippen molar-refractivity contribution >= 4 is 11.6 Å². The molecule has 2 aromatic heterocycles. The number of nitrogens with one attached hydrogen (secondary N) is 1. The number of halogens is 2. The Kier molecular flexibility index (Phi) is 5.83. The van der Waals surface area contributed by atoms with E-state index < -0.39 is 11.4 Å². The molecule has 0 saturated carbocycles. The number of carbonyl (C=O) groups is 1. The number of amides is 1. The van der Waals surface area contributed by atoms with Crippen molar-refractivity contribution in [2.24, 2.45) is 0 Å². The zero-order chi connectivity index (χ0) is 21.8. The van der Waals surface area contributed by atoms with Crippen LogP contribution in [0.2, 0.25) is 0 Å². The molecule has 2 heterocycles. The summed E-state index contributed by atoms with van der Waals surface area (Å²) in [6.45, 7) is 0.326. The van der Waals surface area contributed by atoms with Gasteiger partial charge in [0.2, 0.25) is 11.6 Å². The SMILES string of the molecule is O=C(CCCc1nnc2c(=O)n(-c3cccc(F)c3)ccn12)NCc1ccc(F)cc1. The van der Waals surface area contributed by atoms with E-state index in [-0.39, 0.29) is 23.8 Å². The smallest absolute Gasteiger partial charge is 0.300 e. The maximum Gasteiger partial charge on any atom is 0.300 e. The lowest BCUT2D eigenvalue weighted by Crippen LogP contribution is -2.22. The summed E-state index contributed by atoms with van der Waals surface area (Å²) in [5, 5.41) is 10.8. The second-order valence-corrected chi connectivity index (χ2v) is 7.02. The van der Waals surface area contributed by atoms with Gasteiger partial charge in [-0.1, -0.05) is 18.2 Å². The molecular weight excluding hydrogens is 404 g/mol. The van der Waals surface area contributed by atoms with E-state index >= 15 is 0 Å². The minimum Gasteiger partial charge on any atom is -0.352 e. The predicted molar refractivity (Wildman–Crippen MR) is 110 cm³/mol. The van der Waals surface area contributed by atoms with Crippen LogP contribution in [0.25, 0.3) is 11.3 Å². The van der Waals surface area contributed by atoms with E-state index in [9.17, 15) is 18.4 Å². The summed E-state index contributed by atoms with van der Waals surface area (Å²) < 4.78 is 29.3. The third-order valence-electron chi connectivity index (χ3n) is 4.83. The molecule has 0 spiro atoms. The number of carbonyl (C=O) groups excluding carboxylic acids is 1. The van der Waals surface area contributed by atoms with E-state index in [1.165, 1.54) is 41.1 Å². The second kappa shape index (κ2) is 8.86. The normalized spacial score (nSPS) is 11.0. The Morgan fingerprint density at radius 3 is 2.58 bits per heavy atom. The average molecular weight is 423 g/mol. The zero-order valence-corrected chi connectivity index (χ0v) is 16.5. The van der Waals surface area contributed by atoms with Gasteiger partial charge in [-0.05, 0) is 42.3 Å². The number of nitrogens with zero attached hydrogens (tertiary/aromatic N) is 4. The van der Waals surface area contributed by atoms with Gasteiger partial charge in [-0.15, -0.1) is 10.2 Å². The number of fused-ring (bicyclic) bond motifs is 1. The fraction of sp³-hybridized carbons (Fsp3) is 0.182. The van der Waals surface area contributed by atoms with Crippen LogP contribution >= 0.6 is 0 Å². The molecule has 0 aliphatic carbocycles. The molecule has 7 nitrogen and oxygen atoms in total. The maximum absolute atomic E-state index is 13.5. The molecule has 2 aromatic carbocycles. The van der Waals surface area contributed by atoms with Crippen LogP contribution < -0.4 is 10.9 Å². The van der Waals surface area contributed by atoms with Crippen molar-refractivity contribution in [2.75, 3.05) is 0 Å². The molecule has 1 N–H and O–H groups in total. The summed E-state index contributed by atoms with van der Waals surface area (Å²) in [4.78, 5) is 24.8. The molecule has 158 valence electrons. The highest BCUT2D eigenvalue weighted by molar-refractivity contribution is 5.75. The quantitative estimate of drug-likeness (QED) is 0.496. The Hall–Kier alpha value is -3.88. The first-order valence-electron chi connectivity index (χ1n) is 9.73. The minimum absolute atomic E-state index is 0.127. The van der Waals surface area contributed by atoms with Crippen molar-refractivity contribution in [3.8, 4) is 5.69 Å². The third kappa shape index (κ3) is 4.66. The van der Waals surface area contributed by atoms with Gasteiger partial charge in [-0.3, -0.25) is 18.6 Å². The highest BCUT2D eigenvalue weighted by Crippen LogP contribution is 2.10. The highest BCUT2D eigenvalue weighted by Gasteiger charge is 2.12. The van der Waals surface area contributed by atoms with E-state index in [4.69, 9.17) is 0 Å². The molecule has 0 aliphatic rings. The topological polar surface area (TPSA) is 81.3 Å². The Bertz CT molecular complexity index is 1280. The van der Waals surface area contributed by atoms with Crippen molar-refractivity contribution < 1.29 is 13.6 Å². The van der Waals surface area contributed by atoms with Crippen LogP contribution in [0, 0.1) is 11.6 Å². The summed E-state index contributed by atoms with van der Waals surface area (Å²) in [7, 11) is 0. The molecule has 0 unspecified atom stereocenters. The Morgan fingerprint density at radius 1 is 1.00 bits per heavy atom. The van der Waals surface area contributed by atoms with Gasteiger partial charge in [-0.2, -0.15) is 0 Å². The summed E-state index contributed by atoms with van der Waals surface area (Å²) in [6.07, 6.45) is 4.42. The number of benzene rings is 2. The molecule has 0 fully saturated rings. The summed E-state index contributed by atoms with van der Waals surface area (Å²) in [5.41, 5.74) is 0.925. The van der Waals surface area contributed by atoms with Gasteiger partial charge < -0.3 is 5.32 Å². The Labute approximate surface area is 176 Å². The first-order chi connectivity index (χ1) is 15.0. The van der Waals surface area contributed by atoms with Gasteiger partial charge >= 0.3 is 5.56 Å². The van der Waals surface area contributed by atoms with Crippen LogP contribution in [-0.2, 0) is 17.8 Å². The fourth-order valence-electron chi connectivity index (χ4n) is 3.23. The van der Waals surface area contributed by atoms with E-state index in [1.807, 2.05) is 0 Å². The monoisotopic (exact) mass is 423 g/mol. The average Bonchev–Trinajstić information content (AvgIpc) is 3.17. The number of hydrogen-bond donors (Lipinski definition) is 1. The summed E-state index contributed by atoms with van der Waals surface area (Å²) in [5.74, 6) is -0.334. The highest BCUT2D eigenvalue weighted by atomic mass is 19.1. The van der Waals surface area contributed by atoms with Crippen LogP contribution in [-0.4, -0.2) is 25.1 Å². The van der Waals surface area contributed by atoms with Gasteiger partial charge in [0.1, 0.15) is 17.5 Å². The second-order valence-electron chi connectivity index (χ2n) is 7.02. The molecule has 4 rings (SSSR count). The number of aromatic nitrogens is 4. The largest absolute Gasteiger partial charge is 0.352 e. The van der Waals surface area contributed by atoms with Crippen molar-refractivity contribution in [1.29, 1.82) is 0 Å². The first-order valence-corrected chi connectivity index (χ1v) is 9.73. The van der Waals surface area contributed by atoms with Crippen LogP contribution in [0.5, 0.6) is 0 Å². The predicted octanol–water partition coefficient (Wildman–Crippen LogP) is 2.80. The Morgan fingerprint density at radius 2 is 1.81 bits per heavy atom. The van der Waals surface area contributed by atoms with Crippen molar-refractivity contribution in [3.05, 3.63) is 94.3 Å². The van der Waals surface area contributed by atoms with Crippen LogP contribution in [0.1, 0.15) is 24.2 Å². The van der Waals surface area contributed by atoms with Crippen molar-refractivity contribution in [2.45, 2.75) is 25.8 Å². The maximum atomic E-state index is 13.5. The van der Waals surface area contributed by atoms with E-state index in [0.29, 0.717) is 30.9 Å². The molecule has 0 bridgehead atoms. The lowest BCUT2D eigenvalue weighted by Gasteiger charge is -2.07. The molecule has 0 atom stereocenters. The molecule has 31 heavy (non-hydrogen) atoms. The van der Waals surface area contributed by atoms with E-state index in [2.05, 4.69) is 15.5 Å². The molecular formula is C22H19F2N5O2. The molecule has 0 aliphatic heterocycles. The third-order valence-corrected chi connectivity index (χ3v) is 4.83. The van der Waals surface area contributed by atoms with E-state index in [1.54, 1.807) is 28.8 Å². The number of rotatable bonds is 7.